The van der Waals surface area contributed by atoms with Gasteiger partial charge in [-0.05, 0) is 78.3 Å². The van der Waals surface area contributed by atoms with Crippen molar-refractivity contribution >= 4 is 12.0 Å². The highest BCUT2D eigenvalue weighted by Gasteiger charge is 2.29. The zero-order chi connectivity index (χ0) is 22.7. The van der Waals surface area contributed by atoms with Crippen molar-refractivity contribution in [1.82, 2.24) is 10.2 Å². The second kappa shape index (κ2) is 13.0. The molecule has 174 valence electrons. The molecule has 2 aliphatic rings. The zero-order valence-electron chi connectivity index (χ0n) is 20.4. The van der Waals surface area contributed by atoms with Gasteiger partial charge in [0.25, 0.3) is 0 Å². The predicted octanol–water partition coefficient (Wildman–Crippen LogP) is 5.82. The van der Waals surface area contributed by atoms with Gasteiger partial charge in [0.15, 0.2) is 0 Å². The van der Waals surface area contributed by atoms with Crippen LogP contribution in [0.4, 0.5) is 0 Å². The first-order valence-corrected chi connectivity index (χ1v) is 12.2. The van der Waals surface area contributed by atoms with Crippen molar-refractivity contribution in [3.8, 4) is 0 Å². The Morgan fingerprint density at radius 1 is 1.06 bits per heavy atom. The van der Waals surface area contributed by atoms with Gasteiger partial charge < -0.3 is 15.0 Å². The quantitative estimate of drug-likeness (QED) is 0.530. The van der Waals surface area contributed by atoms with E-state index in [4.69, 9.17) is 4.74 Å². The lowest BCUT2D eigenvalue weighted by molar-refractivity contribution is -0.155. The topological polar surface area (TPSA) is 41.6 Å². The van der Waals surface area contributed by atoms with E-state index in [1.807, 2.05) is 26.8 Å². The third-order valence-electron chi connectivity index (χ3n) is 5.80. The lowest BCUT2D eigenvalue weighted by Gasteiger charge is -2.35. The summed E-state index contributed by atoms with van der Waals surface area (Å²) >= 11 is 0. The molecule has 0 bridgehead atoms. The molecule has 2 saturated carbocycles. The fraction of sp³-hybridized carbons (Fsp3) is 0.667. The SMILES string of the molecule is CC/C=C\c1ccccc1.CN(CCC(=O)OC(C)(C)C)C1CCC(NC2CC2)CC1. The van der Waals surface area contributed by atoms with E-state index < -0.39 is 0 Å². The summed E-state index contributed by atoms with van der Waals surface area (Å²) in [4.78, 5) is 14.1. The van der Waals surface area contributed by atoms with Crippen LogP contribution in [0, 0.1) is 0 Å². The van der Waals surface area contributed by atoms with Crippen LogP contribution >= 0.6 is 0 Å². The van der Waals surface area contributed by atoms with Crippen LogP contribution in [0.15, 0.2) is 36.4 Å². The van der Waals surface area contributed by atoms with Crippen molar-refractivity contribution < 1.29 is 9.53 Å². The molecule has 1 aromatic rings. The Bertz CT molecular complexity index is 654. The van der Waals surface area contributed by atoms with E-state index in [-0.39, 0.29) is 11.6 Å². The minimum atomic E-state index is -0.373. The number of carbonyl (C=O) groups is 1. The number of allylic oxidation sites excluding steroid dienone is 1. The molecule has 0 radical (unpaired) electrons. The maximum atomic E-state index is 11.8. The summed E-state index contributed by atoms with van der Waals surface area (Å²) in [6, 6.07) is 12.5. The number of esters is 1. The number of rotatable bonds is 8. The molecule has 1 aromatic carbocycles. The van der Waals surface area contributed by atoms with Crippen molar-refractivity contribution in [2.24, 2.45) is 0 Å². The Hall–Kier alpha value is -1.65. The monoisotopic (exact) mass is 428 g/mol. The molecular formula is C27H44N2O2. The average molecular weight is 429 g/mol. The molecule has 0 amide bonds. The highest BCUT2D eigenvalue weighted by molar-refractivity contribution is 5.70. The van der Waals surface area contributed by atoms with Crippen molar-refractivity contribution in [2.45, 2.75) is 103 Å². The van der Waals surface area contributed by atoms with E-state index in [2.05, 4.69) is 60.6 Å². The molecule has 0 heterocycles. The molecule has 31 heavy (non-hydrogen) atoms. The van der Waals surface area contributed by atoms with Crippen molar-refractivity contribution in [3.63, 3.8) is 0 Å². The number of carbonyl (C=O) groups excluding carboxylic acids is 1. The third kappa shape index (κ3) is 11.5. The first-order valence-electron chi connectivity index (χ1n) is 12.2. The van der Waals surface area contributed by atoms with Gasteiger partial charge >= 0.3 is 5.97 Å². The number of hydrogen-bond donors (Lipinski definition) is 1. The van der Waals surface area contributed by atoms with E-state index in [0.29, 0.717) is 12.5 Å². The Morgan fingerprint density at radius 2 is 1.65 bits per heavy atom. The predicted molar refractivity (Wildman–Crippen MR) is 131 cm³/mol. The van der Waals surface area contributed by atoms with E-state index in [9.17, 15) is 4.79 Å². The second-order valence-electron chi connectivity index (χ2n) is 9.98. The Balaban J connectivity index is 0.000000285. The van der Waals surface area contributed by atoms with Gasteiger partial charge in [0, 0.05) is 24.7 Å². The van der Waals surface area contributed by atoms with Crippen molar-refractivity contribution in [1.29, 1.82) is 0 Å². The number of hydrogen-bond acceptors (Lipinski definition) is 4. The third-order valence-corrected chi connectivity index (χ3v) is 5.80. The van der Waals surface area contributed by atoms with Crippen LogP contribution < -0.4 is 5.32 Å². The molecule has 4 heteroatoms. The Morgan fingerprint density at radius 3 is 2.16 bits per heavy atom. The highest BCUT2D eigenvalue weighted by Crippen LogP contribution is 2.27. The molecule has 0 saturated heterocycles. The molecule has 1 N–H and O–H groups in total. The molecule has 0 spiro atoms. The fourth-order valence-corrected chi connectivity index (χ4v) is 3.93. The average Bonchev–Trinajstić information content (AvgIpc) is 3.55. The van der Waals surface area contributed by atoms with E-state index in [0.717, 1.165) is 25.0 Å². The smallest absolute Gasteiger partial charge is 0.307 e. The van der Waals surface area contributed by atoms with Gasteiger partial charge in [-0.25, -0.2) is 0 Å². The number of ether oxygens (including phenoxy) is 1. The molecule has 0 aromatic heterocycles. The van der Waals surface area contributed by atoms with Crippen LogP contribution in [-0.2, 0) is 9.53 Å². The second-order valence-corrected chi connectivity index (χ2v) is 9.98. The normalized spacial score (nSPS) is 21.6. The lowest BCUT2D eigenvalue weighted by atomic mass is 9.90. The van der Waals surface area contributed by atoms with E-state index in [1.54, 1.807) is 0 Å². The molecule has 0 unspecified atom stereocenters. The minimum absolute atomic E-state index is 0.0848. The van der Waals surface area contributed by atoms with Crippen molar-refractivity contribution in [3.05, 3.63) is 42.0 Å². The van der Waals surface area contributed by atoms with Crippen LogP contribution in [0.2, 0.25) is 0 Å². The van der Waals surface area contributed by atoms with Gasteiger partial charge in [0.1, 0.15) is 5.60 Å². The molecule has 3 rings (SSSR count). The van der Waals surface area contributed by atoms with Crippen LogP contribution in [0.25, 0.3) is 6.08 Å². The van der Waals surface area contributed by atoms with Crippen molar-refractivity contribution in [2.75, 3.05) is 13.6 Å². The minimum Gasteiger partial charge on any atom is -0.460 e. The van der Waals surface area contributed by atoms with Gasteiger partial charge in [0.2, 0.25) is 0 Å². The first-order chi connectivity index (χ1) is 14.8. The molecule has 0 aliphatic heterocycles. The molecular weight excluding hydrogens is 384 g/mol. The molecule has 4 nitrogen and oxygen atoms in total. The van der Waals surface area contributed by atoms with E-state index >= 15 is 0 Å². The first kappa shape index (κ1) is 25.6. The van der Waals surface area contributed by atoms with Gasteiger partial charge in [-0.2, -0.15) is 0 Å². The fourth-order valence-electron chi connectivity index (χ4n) is 3.93. The lowest BCUT2D eigenvalue weighted by Crippen LogP contribution is -2.42. The summed E-state index contributed by atoms with van der Waals surface area (Å²) in [5.41, 5.74) is 0.909. The Kier molecular flexibility index (Phi) is 10.8. The van der Waals surface area contributed by atoms with Gasteiger partial charge in [0.05, 0.1) is 6.42 Å². The number of benzene rings is 1. The van der Waals surface area contributed by atoms with Crippen LogP contribution in [-0.4, -0.2) is 48.2 Å². The molecule has 0 atom stereocenters. The molecule has 2 aliphatic carbocycles. The van der Waals surface area contributed by atoms with Crippen LogP contribution in [0.1, 0.15) is 84.6 Å². The maximum absolute atomic E-state index is 11.8. The summed E-state index contributed by atoms with van der Waals surface area (Å²) in [7, 11) is 2.14. The highest BCUT2D eigenvalue weighted by atomic mass is 16.6. The molecule has 2 fully saturated rings. The van der Waals surface area contributed by atoms with Gasteiger partial charge in [-0.15, -0.1) is 0 Å². The number of nitrogens with one attached hydrogen (secondary N) is 1. The summed E-state index contributed by atoms with van der Waals surface area (Å²) in [5, 5.41) is 3.74. The van der Waals surface area contributed by atoms with Gasteiger partial charge in [-0.3, -0.25) is 4.79 Å². The van der Waals surface area contributed by atoms with Crippen LogP contribution in [0.3, 0.4) is 0 Å². The maximum Gasteiger partial charge on any atom is 0.307 e. The summed E-state index contributed by atoms with van der Waals surface area (Å²) in [5.74, 6) is -0.0848. The van der Waals surface area contributed by atoms with E-state index in [1.165, 1.54) is 44.1 Å². The zero-order valence-corrected chi connectivity index (χ0v) is 20.4. The van der Waals surface area contributed by atoms with Gasteiger partial charge in [-0.1, -0.05) is 49.4 Å². The largest absolute Gasteiger partial charge is 0.460 e. The standard InChI is InChI=1S/C17H32N2O2.C10H12/c1-17(2,3)21-16(20)11-12-19(4)15-9-7-14(8-10-15)18-13-5-6-13;1-2-3-7-10-8-5-4-6-9-10/h13-15,18H,5-12H2,1-4H3;3-9H,2H2,1H3/b;7-3-. The summed E-state index contributed by atoms with van der Waals surface area (Å²) in [6.45, 7) is 8.70. The Labute approximate surface area is 190 Å². The summed E-state index contributed by atoms with van der Waals surface area (Å²) < 4.78 is 5.37. The van der Waals surface area contributed by atoms with Crippen LogP contribution in [0.5, 0.6) is 0 Å². The summed E-state index contributed by atoms with van der Waals surface area (Å²) in [6.07, 6.45) is 13.7. The number of nitrogens with zero attached hydrogens (tertiary/aromatic N) is 1.